The second-order valence-electron chi connectivity index (χ2n) is 3.00. The second kappa shape index (κ2) is 3.37. The third kappa shape index (κ3) is 2.22. The summed E-state index contributed by atoms with van der Waals surface area (Å²) in [6.07, 6.45) is 2.08. The Kier molecular flexibility index (Phi) is 2.47. The molecule has 0 fully saturated rings. The lowest BCUT2D eigenvalue weighted by atomic mass is 10.1. The van der Waals surface area contributed by atoms with Gasteiger partial charge in [-0.25, -0.2) is 0 Å². The quantitative estimate of drug-likeness (QED) is 0.623. The van der Waals surface area contributed by atoms with Gasteiger partial charge >= 0.3 is 0 Å². The predicted octanol–water partition coefficient (Wildman–Crippen LogP) is 2.51. The lowest BCUT2D eigenvalue weighted by Gasteiger charge is -1.99. The van der Waals surface area contributed by atoms with E-state index in [1.54, 1.807) is 12.1 Å². The first-order chi connectivity index (χ1) is 5.20. The lowest BCUT2D eigenvalue weighted by molar-refractivity contribution is 0.0940. The number of furan rings is 1. The number of carbonyl (C=O) groups is 1. The van der Waals surface area contributed by atoms with Gasteiger partial charge < -0.3 is 4.42 Å². The summed E-state index contributed by atoms with van der Waals surface area (Å²) in [5.74, 6) is 0.955. The van der Waals surface area contributed by atoms with Crippen molar-refractivity contribution in [3.05, 3.63) is 24.2 Å². The number of hydrogen-bond donors (Lipinski definition) is 0. The minimum absolute atomic E-state index is 0.0880. The molecule has 0 aliphatic heterocycles. The van der Waals surface area contributed by atoms with E-state index in [2.05, 4.69) is 0 Å². The van der Waals surface area contributed by atoms with Crippen molar-refractivity contribution in [2.24, 2.45) is 5.92 Å². The molecule has 0 spiro atoms. The average Bonchev–Trinajstić information content (AvgIpc) is 2.35. The summed E-state index contributed by atoms with van der Waals surface area (Å²) < 4.78 is 4.95. The Hall–Kier alpha value is -1.05. The Labute approximate surface area is 66.2 Å². The van der Waals surface area contributed by atoms with Crippen molar-refractivity contribution in [2.75, 3.05) is 0 Å². The van der Waals surface area contributed by atoms with E-state index in [-0.39, 0.29) is 5.78 Å². The summed E-state index contributed by atoms with van der Waals surface area (Å²) in [6, 6.07) is 3.43. The molecule has 2 heteroatoms. The first-order valence-corrected chi connectivity index (χ1v) is 3.77. The molecule has 11 heavy (non-hydrogen) atoms. The second-order valence-corrected chi connectivity index (χ2v) is 3.00. The zero-order chi connectivity index (χ0) is 8.27. The Morgan fingerprint density at radius 2 is 2.36 bits per heavy atom. The molecule has 1 aromatic rings. The van der Waals surface area contributed by atoms with Crippen molar-refractivity contribution in [1.82, 2.24) is 0 Å². The Bertz CT molecular complexity index is 222. The minimum Gasteiger partial charge on any atom is -0.461 e. The Morgan fingerprint density at radius 3 is 2.82 bits per heavy atom. The number of rotatable bonds is 3. The Balaban J connectivity index is 2.57. The molecule has 1 aromatic heterocycles. The van der Waals surface area contributed by atoms with Gasteiger partial charge in [-0.15, -0.1) is 0 Å². The molecular weight excluding hydrogens is 140 g/mol. The molecule has 0 unspecified atom stereocenters. The maximum Gasteiger partial charge on any atom is 0.198 e. The van der Waals surface area contributed by atoms with Crippen LogP contribution in [0.2, 0.25) is 0 Å². The molecule has 0 saturated carbocycles. The molecule has 0 radical (unpaired) electrons. The first-order valence-electron chi connectivity index (χ1n) is 3.77. The van der Waals surface area contributed by atoms with Crippen molar-refractivity contribution in [3.63, 3.8) is 0 Å². The SMILES string of the molecule is CC(C)CC(=O)c1ccco1. The number of ketones is 1. The number of hydrogen-bond acceptors (Lipinski definition) is 2. The summed E-state index contributed by atoms with van der Waals surface area (Å²) in [5, 5.41) is 0. The van der Waals surface area contributed by atoms with Crippen molar-refractivity contribution < 1.29 is 9.21 Å². The molecule has 0 aliphatic rings. The maximum absolute atomic E-state index is 11.2. The normalized spacial score (nSPS) is 10.5. The third-order valence-electron chi connectivity index (χ3n) is 1.39. The zero-order valence-corrected chi connectivity index (χ0v) is 6.83. The van der Waals surface area contributed by atoms with E-state index >= 15 is 0 Å². The summed E-state index contributed by atoms with van der Waals surface area (Å²) in [5.41, 5.74) is 0. The zero-order valence-electron chi connectivity index (χ0n) is 6.83. The Morgan fingerprint density at radius 1 is 1.64 bits per heavy atom. The highest BCUT2D eigenvalue weighted by atomic mass is 16.3. The monoisotopic (exact) mass is 152 g/mol. The van der Waals surface area contributed by atoms with Gasteiger partial charge in [0.15, 0.2) is 11.5 Å². The van der Waals surface area contributed by atoms with Crippen LogP contribution in [-0.2, 0) is 0 Å². The van der Waals surface area contributed by atoms with E-state index < -0.39 is 0 Å². The molecule has 0 bridgehead atoms. The molecule has 0 saturated heterocycles. The molecule has 1 heterocycles. The van der Waals surface area contributed by atoms with Crippen LogP contribution < -0.4 is 0 Å². The number of carbonyl (C=O) groups excluding carboxylic acids is 1. The summed E-state index contributed by atoms with van der Waals surface area (Å²) in [4.78, 5) is 11.2. The van der Waals surface area contributed by atoms with Crippen LogP contribution in [0.25, 0.3) is 0 Å². The topological polar surface area (TPSA) is 30.2 Å². The van der Waals surface area contributed by atoms with Crippen molar-refractivity contribution in [1.29, 1.82) is 0 Å². The van der Waals surface area contributed by atoms with E-state index in [1.165, 1.54) is 6.26 Å². The summed E-state index contributed by atoms with van der Waals surface area (Å²) >= 11 is 0. The molecule has 1 rings (SSSR count). The van der Waals surface area contributed by atoms with Gasteiger partial charge in [0.2, 0.25) is 0 Å². The van der Waals surface area contributed by atoms with Crippen molar-refractivity contribution in [3.8, 4) is 0 Å². The van der Waals surface area contributed by atoms with E-state index in [9.17, 15) is 4.79 Å². The fourth-order valence-electron chi connectivity index (χ4n) is 0.909. The largest absolute Gasteiger partial charge is 0.461 e. The van der Waals surface area contributed by atoms with Crippen molar-refractivity contribution >= 4 is 5.78 Å². The van der Waals surface area contributed by atoms with Crippen LogP contribution in [0, 0.1) is 5.92 Å². The molecule has 2 nitrogen and oxygen atoms in total. The smallest absolute Gasteiger partial charge is 0.198 e. The van der Waals surface area contributed by atoms with Gasteiger partial charge in [0.05, 0.1) is 6.26 Å². The molecule has 0 atom stereocenters. The van der Waals surface area contributed by atoms with Crippen molar-refractivity contribution in [2.45, 2.75) is 20.3 Å². The van der Waals surface area contributed by atoms with Gasteiger partial charge in [-0.1, -0.05) is 13.8 Å². The lowest BCUT2D eigenvalue weighted by Crippen LogP contribution is -2.01. The van der Waals surface area contributed by atoms with E-state index in [4.69, 9.17) is 4.42 Å². The molecule has 0 amide bonds. The maximum atomic E-state index is 11.2. The van der Waals surface area contributed by atoms with Gasteiger partial charge in [-0.2, -0.15) is 0 Å². The van der Waals surface area contributed by atoms with Gasteiger partial charge in [0.1, 0.15) is 0 Å². The van der Waals surface area contributed by atoms with E-state index in [0.29, 0.717) is 18.1 Å². The predicted molar refractivity (Wildman–Crippen MR) is 42.5 cm³/mol. The summed E-state index contributed by atoms with van der Waals surface area (Å²) in [6.45, 7) is 4.03. The minimum atomic E-state index is 0.0880. The molecule has 0 aliphatic carbocycles. The molecule has 60 valence electrons. The average molecular weight is 152 g/mol. The van der Waals surface area contributed by atoms with Gasteiger partial charge in [0, 0.05) is 6.42 Å². The van der Waals surface area contributed by atoms with E-state index in [1.807, 2.05) is 13.8 Å². The fraction of sp³-hybridized carbons (Fsp3) is 0.444. The highest BCUT2D eigenvalue weighted by Gasteiger charge is 2.09. The molecule has 0 N–H and O–H groups in total. The summed E-state index contributed by atoms with van der Waals surface area (Å²) in [7, 11) is 0. The molecular formula is C9H12O2. The van der Waals surface area contributed by atoms with Crippen LogP contribution in [0.1, 0.15) is 30.8 Å². The van der Waals surface area contributed by atoms with Gasteiger partial charge in [0.25, 0.3) is 0 Å². The third-order valence-corrected chi connectivity index (χ3v) is 1.39. The van der Waals surface area contributed by atoms with Gasteiger partial charge in [-0.3, -0.25) is 4.79 Å². The highest BCUT2D eigenvalue weighted by molar-refractivity contribution is 5.93. The fourth-order valence-corrected chi connectivity index (χ4v) is 0.909. The van der Waals surface area contributed by atoms with Crippen LogP contribution >= 0.6 is 0 Å². The highest BCUT2D eigenvalue weighted by Crippen LogP contribution is 2.08. The van der Waals surface area contributed by atoms with Crippen LogP contribution in [0.5, 0.6) is 0 Å². The van der Waals surface area contributed by atoms with Gasteiger partial charge in [-0.05, 0) is 18.1 Å². The number of Topliss-reactive ketones (excluding diaryl/α,β-unsaturated/α-hetero) is 1. The van der Waals surface area contributed by atoms with E-state index in [0.717, 1.165) is 0 Å². The van der Waals surface area contributed by atoms with Crippen LogP contribution in [0.15, 0.2) is 22.8 Å². The van der Waals surface area contributed by atoms with Crippen LogP contribution in [0.3, 0.4) is 0 Å². The molecule has 0 aromatic carbocycles. The standard InChI is InChI=1S/C9H12O2/c1-7(2)6-8(10)9-4-3-5-11-9/h3-5,7H,6H2,1-2H3. The van der Waals surface area contributed by atoms with Crippen LogP contribution in [-0.4, -0.2) is 5.78 Å². The van der Waals surface area contributed by atoms with Crippen LogP contribution in [0.4, 0.5) is 0 Å². The first kappa shape index (κ1) is 8.05.